The number of nitrogens with two attached hydrogens (primary N) is 2. The number of nitrogens with one attached hydrogen (secondary N) is 1. The fourth-order valence-corrected chi connectivity index (χ4v) is 1.94. The van der Waals surface area contributed by atoms with Gasteiger partial charge in [0.05, 0.1) is 11.8 Å². The van der Waals surface area contributed by atoms with E-state index in [1.54, 1.807) is 24.3 Å². The number of benzene rings is 1. The number of allylic oxidation sites excluding steroid dienone is 1. The van der Waals surface area contributed by atoms with Crippen LogP contribution < -0.4 is 11.5 Å². The molecule has 1 aromatic rings. The molecule has 5 heteroatoms. The minimum Gasteiger partial charge on any atom is -0.478 e. The number of carboxylic acid groups (broad SMARTS) is 1. The van der Waals surface area contributed by atoms with Crippen LogP contribution in [0, 0.1) is 11.3 Å². The van der Waals surface area contributed by atoms with Crippen molar-refractivity contribution in [2.75, 3.05) is 5.73 Å². The van der Waals surface area contributed by atoms with Crippen LogP contribution >= 0.6 is 0 Å². The number of rotatable bonds is 6. The Balaban J connectivity index is 3.05. The highest BCUT2D eigenvalue weighted by atomic mass is 16.4. The van der Waals surface area contributed by atoms with E-state index in [0.29, 0.717) is 18.5 Å². The molecule has 102 valence electrons. The molecule has 0 bridgehead atoms. The van der Waals surface area contributed by atoms with Gasteiger partial charge in [-0.15, -0.1) is 0 Å². The second-order valence-electron chi connectivity index (χ2n) is 4.33. The van der Waals surface area contributed by atoms with Crippen LogP contribution in [0.1, 0.15) is 18.9 Å². The van der Waals surface area contributed by atoms with Crippen LogP contribution in [0.2, 0.25) is 0 Å². The van der Waals surface area contributed by atoms with Gasteiger partial charge in [-0.25, -0.2) is 4.79 Å². The zero-order valence-electron chi connectivity index (χ0n) is 10.9. The average Bonchev–Trinajstić information content (AvgIpc) is 2.33. The van der Waals surface area contributed by atoms with E-state index < -0.39 is 11.9 Å². The summed E-state index contributed by atoms with van der Waals surface area (Å²) in [5.41, 5.74) is 12.9. The molecule has 5 nitrogen and oxygen atoms in total. The number of anilines is 1. The van der Waals surface area contributed by atoms with E-state index in [-0.39, 0.29) is 11.4 Å². The van der Waals surface area contributed by atoms with Crippen molar-refractivity contribution in [2.24, 2.45) is 11.7 Å². The van der Waals surface area contributed by atoms with Crippen molar-refractivity contribution < 1.29 is 9.90 Å². The van der Waals surface area contributed by atoms with Crippen LogP contribution in [-0.4, -0.2) is 16.9 Å². The van der Waals surface area contributed by atoms with Gasteiger partial charge in [0.2, 0.25) is 0 Å². The SMILES string of the molecule is CC/C=C(/C(=O)O)[C@H](Cc1cccc(N)c1)C(=N)N. The van der Waals surface area contributed by atoms with E-state index in [0.717, 1.165) is 5.56 Å². The lowest BCUT2D eigenvalue weighted by atomic mass is 9.90. The van der Waals surface area contributed by atoms with Crippen molar-refractivity contribution in [3.63, 3.8) is 0 Å². The van der Waals surface area contributed by atoms with Crippen molar-refractivity contribution in [1.82, 2.24) is 0 Å². The van der Waals surface area contributed by atoms with Crippen LogP contribution in [0.15, 0.2) is 35.9 Å². The van der Waals surface area contributed by atoms with Gasteiger partial charge in [0.1, 0.15) is 0 Å². The average molecular weight is 261 g/mol. The monoisotopic (exact) mass is 261 g/mol. The predicted octanol–water partition coefficient (Wildman–Crippen LogP) is 1.78. The summed E-state index contributed by atoms with van der Waals surface area (Å²) in [5, 5.41) is 16.8. The van der Waals surface area contributed by atoms with E-state index in [1.807, 2.05) is 13.0 Å². The van der Waals surface area contributed by atoms with E-state index in [9.17, 15) is 9.90 Å². The molecule has 0 fully saturated rings. The number of hydrogen-bond acceptors (Lipinski definition) is 3. The Kier molecular flexibility index (Phi) is 5.11. The smallest absolute Gasteiger partial charge is 0.331 e. The summed E-state index contributed by atoms with van der Waals surface area (Å²) >= 11 is 0. The summed E-state index contributed by atoms with van der Waals surface area (Å²) in [6, 6.07) is 7.16. The Morgan fingerprint density at radius 1 is 1.53 bits per heavy atom. The molecule has 0 unspecified atom stereocenters. The highest BCUT2D eigenvalue weighted by molar-refractivity contribution is 5.96. The quantitative estimate of drug-likeness (QED) is 0.270. The third-order valence-electron chi connectivity index (χ3n) is 2.81. The van der Waals surface area contributed by atoms with Gasteiger partial charge in [-0.1, -0.05) is 25.1 Å². The first-order chi connectivity index (χ1) is 8.95. The number of aliphatic carboxylic acids is 1. The molecule has 0 aromatic heterocycles. The molecule has 1 aromatic carbocycles. The Morgan fingerprint density at radius 2 is 2.21 bits per heavy atom. The first-order valence-electron chi connectivity index (χ1n) is 6.07. The Morgan fingerprint density at radius 3 is 2.68 bits per heavy atom. The van der Waals surface area contributed by atoms with Gasteiger partial charge in [0, 0.05) is 11.3 Å². The summed E-state index contributed by atoms with van der Waals surface area (Å²) in [5.74, 6) is -1.81. The van der Waals surface area contributed by atoms with Crippen LogP contribution in [-0.2, 0) is 11.2 Å². The summed E-state index contributed by atoms with van der Waals surface area (Å²) < 4.78 is 0. The third kappa shape index (κ3) is 4.13. The molecule has 19 heavy (non-hydrogen) atoms. The fraction of sp³-hybridized carbons (Fsp3) is 0.286. The zero-order valence-corrected chi connectivity index (χ0v) is 10.9. The van der Waals surface area contributed by atoms with Crippen molar-refractivity contribution in [2.45, 2.75) is 19.8 Å². The van der Waals surface area contributed by atoms with Crippen LogP contribution in [0.5, 0.6) is 0 Å². The molecule has 1 rings (SSSR count). The molecule has 0 radical (unpaired) electrons. The highest BCUT2D eigenvalue weighted by Crippen LogP contribution is 2.19. The van der Waals surface area contributed by atoms with Crippen molar-refractivity contribution in [3.05, 3.63) is 41.5 Å². The Bertz CT molecular complexity index is 509. The molecule has 1 atom stereocenters. The van der Waals surface area contributed by atoms with Gasteiger partial charge in [-0.3, -0.25) is 5.41 Å². The van der Waals surface area contributed by atoms with Crippen molar-refractivity contribution >= 4 is 17.5 Å². The molecule has 0 heterocycles. The van der Waals surface area contributed by atoms with Gasteiger partial charge in [0.25, 0.3) is 0 Å². The van der Waals surface area contributed by atoms with E-state index in [1.165, 1.54) is 0 Å². The number of hydrogen-bond donors (Lipinski definition) is 4. The largest absolute Gasteiger partial charge is 0.478 e. The number of carbonyl (C=O) groups is 1. The first-order valence-corrected chi connectivity index (χ1v) is 6.07. The Labute approximate surface area is 112 Å². The first kappa shape index (κ1) is 14.8. The maximum absolute atomic E-state index is 11.2. The lowest BCUT2D eigenvalue weighted by Crippen LogP contribution is -2.29. The number of nitrogen functional groups attached to an aromatic ring is 1. The molecule has 0 saturated carbocycles. The van der Waals surface area contributed by atoms with Gasteiger partial charge in [-0.05, 0) is 30.5 Å². The van der Waals surface area contributed by atoms with Crippen molar-refractivity contribution in [3.8, 4) is 0 Å². The summed E-state index contributed by atoms with van der Waals surface area (Å²) in [7, 11) is 0. The zero-order chi connectivity index (χ0) is 14.4. The van der Waals surface area contributed by atoms with Gasteiger partial charge >= 0.3 is 5.97 Å². The summed E-state index contributed by atoms with van der Waals surface area (Å²) in [6.45, 7) is 1.85. The number of carboxylic acids is 1. The second kappa shape index (κ2) is 6.58. The topological polar surface area (TPSA) is 113 Å². The third-order valence-corrected chi connectivity index (χ3v) is 2.81. The Hall–Kier alpha value is -2.30. The fourth-order valence-electron chi connectivity index (χ4n) is 1.94. The van der Waals surface area contributed by atoms with Gasteiger partial charge in [0.15, 0.2) is 0 Å². The lowest BCUT2D eigenvalue weighted by Gasteiger charge is -2.16. The van der Waals surface area contributed by atoms with Crippen LogP contribution in [0.3, 0.4) is 0 Å². The van der Waals surface area contributed by atoms with Crippen LogP contribution in [0.25, 0.3) is 0 Å². The van der Waals surface area contributed by atoms with Crippen LogP contribution in [0.4, 0.5) is 5.69 Å². The van der Waals surface area contributed by atoms with Gasteiger partial charge < -0.3 is 16.6 Å². The highest BCUT2D eigenvalue weighted by Gasteiger charge is 2.23. The molecule has 0 aliphatic rings. The molecule has 6 N–H and O–H groups in total. The minimum atomic E-state index is -1.04. The summed E-state index contributed by atoms with van der Waals surface area (Å²) in [4.78, 5) is 11.2. The normalized spacial score (nSPS) is 13.0. The molecule has 0 aliphatic carbocycles. The number of amidine groups is 1. The summed E-state index contributed by atoms with van der Waals surface area (Å²) in [6.07, 6.45) is 2.54. The maximum atomic E-state index is 11.2. The van der Waals surface area contributed by atoms with E-state index >= 15 is 0 Å². The molecule has 0 amide bonds. The molecular weight excluding hydrogens is 242 g/mol. The molecule has 0 aliphatic heterocycles. The standard InChI is InChI=1S/C14H19N3O2/c1-2-4-11(14(18)19)12(13(16)17)8-9-5-3-6-10(15)7-9/h3-7,12H,2,8,15H2,1H3,(H3,16,17)(H,18,19)/b11-4+/t12-/m0/s1. The maximum Gasteiger partial charge on any atom is 0.331 e. The second-order valence-corrected chi connectivity index (χ2v) is 4.33. The minimum absolute atomic E-state index is 0.149. The van der Waals surface area contributed by atoms with Gasteiger partial charge in [-0.2, -0.15) is 0 Å². The molecule has 0 spiro atoms. The van der Waals surface area contributed by atoms with Crippen molar-refractivity contribution in [1.29, 1.82) is 5.41 Å². The molecular formula is C14H19N3O2. The molecule has 0 saturated heterocycles. The van der Waals surface area contributed by atoms with E-state index in [4.69, 9.17) is 16.9 Å². The lowest BCUT2D eigenvalue weighted by molar-refractivity contribution is -0.133. The van der Waals surface area contributed by atoms with E-state index in [2.05, 4.69) is 0 Å². The predicted molar refractivity (Wildman–Crippen MR) is 76.0 cm³/mol.